The van der Waals surface area contributed by atoms with Gasteiger partial charge in [0.1, 0.15) is 11.6 Å². The minimum atomic E-state index is -0.601. The number of hydrogen-bond acceptors (Lipinski definition) is 5. The molecule has 25 heavy (non-hydrogen) atoms. The van der Waals surface area contributed by atoms with Crippen LogP contribution in [-0.4, -0.2) is 16.2 Å². The minimum absolute atomic E-state index is 0.0791. The molecule has 0 aliphatic heterocycles. The smallest absolute Gasteiger partial charge is 0.305 e. The Morgan fingerprint density at radius 2 is 1.80 bits per heavy atom. The van der Waals surface area contributed by atoms with Gasteiger partial charge in [-0.25, -0.2) is 13.6 Å². The van der Waals surface area contributed by atoms with Crippen LogP contribution in [0.25, 0.3) is 0 Å². The summed E-state index contributed by atoms with van der Waals surface area (Å²) in [5.74, 6) is -0.196. The Morgan fingerprint density at radius 1 is 1.04 bits per heavy atom. The number of thioether (sulfide) groups is 1. The third-order valence-electron chi connectivity index (χ3n) is 3.02. The Bertz CT molecular complexity index is 871. The topological polar surface area (TPSA) is 66.9 Å². The summed E-state index contributed by atoms with van der Waals surface area (Å²) in [6.07, 6.45) is 0. The third kappa shape index (κ3) is 4.97. The first kappa shape index (κ1) is 17.3. The number of aromatic nitrogens is 2. The highest BCUT2D eigenvalue weighted by Gasteiger charge is 2.10. The molecule has 1 heterocycles. The van der Waals surface area contributed by atoms with Crippen LogP contribution in [-0.2, 0) is 5.75 Å². The van der Waals surface area contributed by atoms with Crippen molar-refractivity contribution in [3.8, 4) is 0 Å². The summed E-state index contributed by atoms with van der Waals surface area (Å²) in [6.45, 7) is 0. The van der Waals surface area contributed by atoms with Crippen molar-refractivity contribution in [2.45, 2.75) is 10.1 Å². The number of para-hydroxylation sites is 1. The zero-order valence-electron chi connectivity index (χ0n) is 12.7. The van der Waals surface area contributed by atoms with Crippen molar-refractivity contribution in [3.63, 3.8) is 0 Å². The van der Waals surface area contributed by atoms with E-state index in [1.54, 1.807) is 18.2 Å². The molecule has 0 saturated heterocycles. The molecule has 0 aliphatic carbocycles. The van der Waals surface area contributed by atoms with Gasteiger partial charge in [0.15, 0.2) is 4.34 Å². The van der Waals surface area contributed by atoms with E-state index >= 15 is 0 Å². The lowest BCUT2D eigenvalue weighted by Gasteiger charge is -2.05. The second-order valence-electron chi connectivity index (χ2n) is 4.85. The molecule has 9 heteroatoms. The van der Waals surface area contributed by atoms with E-state index in [0.29, 0.717) is 15.2 Å². The second kappa shape index (κ2) is 8.04. The minimum Gasteiger partial charge on any atom is -0.305 e. The zero-order chi connectivity index (χ0) is 17.6. The molecule has 0 unspecified atom stereocenters. The van der Waals surface area contributed by atoms with Gasteiger partial charge >= 0.3 is 6.03 Å². The fourth-order valence-corrected chi connectivity index (χ4v) is 3.56. The number of nitrogens with zero attached hydrogens (tertiary/aromatic N) is 2. The van der Waals surface area contributed by atoms with Crippen LogP contribution >= 0.6 is 23.1 Å². The molecule has 0 saturated carbocycles. The predicted octanol–water partition coefficient (Wildman–Crippen LogP) is 4.75. The normalized spacial score (nSPS) is 10.5. The number of carbonyl (C=O) groups excluding carboxylic acids is 1. The van der Waals surface area contributed by atoms with Crippen molar-refractivity contribution < 1.29 is 13.6 Å². The molecular weight excluding hydrogens is 366 g/mol. The highest BCUT2D eigenvalue weighted by atomic mass is 32.2. The van der Waals surface area contributed by atoms with Gasteiger partial charge in [-0.05, 0) is 29.8 Å². The zero-order valence-corrected chi connectivity index (χ0v) is 14.3. The lowest BCUT2D eigenvalue weighted by Crippen LogP contribution is -2.19. The number of amides is 2. The van der Waals surface area contributed by atoms with E-state index in [1.807, 2.05) is 0 Å². The molecule has 0 aliphatic rings. The van der Waals surface area contributed by atoms with Crippen LogP contribution in [0.5, 0.6) is 0 Å². The summed E-state index contributed by atoms with van der Waals surface area (Å²) < 4.78 is 27.0. The average Bonchev–Trinajstić information content (AvgIpc) is 3.04. The SMILES string of the molecule is O=C(Nc1nnc(SCc2ccc(F)cc2)s1)Nc1ccccc1F. The Balaban J connectivity index is 1.53. The largest absolute Gasteiger partial charge is 0.325 e. The maximum atomic E-state index is 13.5. The number of hydrogen-bond donors (Lipinski definition) is 2. The predicted molar refractivity (Wildman–Crippen MR) is 94.9 cm³/mol. The van der Waals surface area contributed by atoms with Gasteiger partial charge in [-0.3, -0.25) is 5.32 Å². The fourth-order valence-electron chi connectivity index (χ4n) is 1.86. The van der Waals surface area contributed by atoms with E-state index in [0.717, 1.165) is 5.56 Å². The van der Waals surface area contributed by atoms with Gasteiger partial charge in [-0.15, -0.1) is 10.2 Å². The van der Waals surface area contributed by atoms with E-state index in [4.69, 9.17) is 0 Å². The first-order valence-electron chi connectivity index (χ1n) is 7.13. The van der Waals surface area contributed by atoms with Crippen LogP contribution in [0.1, 0.15) is 5.56 Å². The van der Waals surface area contributed by atoms with Crippen molar-refractivity contribution >= 4 is 39.9 Å². The van der Waals surface area contributed by atoms with E-state index in [-0.39, 0.29) is 11.5 Å². The number of anilines is 2. The van der Waals surface area contributed by atoms with E-state index in [2.05, 4.69) is 20.8 Å². The van der Waals surface area contributed by atoms with Crippen LogP contribution in [0.4, 0.5) is 24.4 Å². The summed E-state index contributed by atoms with van der Waals surface area (Å²) in [4.78, 5) is 11.9. The lowest BCUT2D eigenvalue weighted by molar-refractivity contribution is 0.262. The summed E-state index contributed by atoms with van der Waals surface area (Å²) in [5, 5.41) is 13.0. The molecule has 2 amide bonds. The summed E-state index contributed by atoms with van der Waals surface area (Å²) in [5.41, 5.74) is 1.03. The maximum absolute atomic E-state index is 13.5. The molecule has 0 radical (unpaired) electrons. The Labute approximate surface area is 150 Å². The Kier molecular flexibility index (Phi) is 5.56. The molecule has 1 aromatic heterocycles. The molecule has 3 rings (SSSR count). The number of nitrogens with one attached hydrogen (secondary N) is 2. The lowest BCUT2D eigenvalue weighted by atomic mass is 10.2. The second-order valence-corrected chi connectivity index (χ2v) is 7.05. The van der Waals surface area contributed by atoms with E-state index in [9.17, 15) is 13.6 Å². The van der Waals surface area contributed by atoms with Gasteiger partial charge in [0, 0.05) is 5.75 Å². The molecule has 0 spiro atoms. The Morgan fingerprint density at radius 3 is 2.56 bits per heavy atom. The monoisotopic (exact) mass is 378 g/mol. The van der Waals surface area contributed by atoms with Gasteiger partial charge < -0.3 is 5.32 Å². The molecule has 2 aromatic carbocycles. The van der Waals surface area contributed by atoms with Crippen LogP contribution in [0.15, 0.2) is 52.9 Å². The maximum Gasteiger partial charge on any atom is 0.325 e. The number of benzene rings is 2. The highest BCUT2D eigenvalue weighted by Crippen LogP contribution is 2.28. The van der Waals surface area contributed by atoms with Crippen LogP contribution < -0.4 is 10.6 Å². The number of urea groups is 1. The molecule has 2 N–H and O–H groups in total. The first-order chi connectivity index (χ1) is 12.1. The van der Waals surface area contributed by atoms with Crippen molar-refractivity contribution in [1.82, 2.24) is 10.2 Å². The van der Waals surface area contributed by atoms with Crippen molar-refractivity contribution in [1.29, 1.82) is 0 Å². The van der Waals surface area contributed by atoms with Crippen LogP contribution in [0, 0.1) is 11.6 Å². The fraction of sp³-hybridized carbons (Fsp3) is 0.0625. The number of carbonyl (C=O) groups is 1. The van der Waals surface area contributed by atoms with Crippen molar-refractivity contribution in [2.24, 2.45) is 0 Å². The molecule has 0 bridgehead atoms. The van der Waals surface area contributed by atoms with Gasteiger partial charge in [-0.1, -0.05) is 47.4 Å². The highest BCUT2D eigenvalue weighted by molar-refractivity contribution is 8.00. The molecule has 0 atom stereocenters. The molecule has 3 aromatic rings. The van der Waals surface area contributed by atoms with E-state index in [1.165, 1.54) is 53.4 Å². The molecule has 5 nitrogen and oxygen atoms in total. The van der Waals surface area contributed by atoms with Crippen molar-refractivity contribution in [2.75, 3.05) is 10.6 Å². The molecule has 128 valence electrons. The van der Waals surface area contributed by atoms with Crippen LogP contribution in [0.3, 0.4) is 0 Å². The summed E-state index contributed by atoms with van der Waals surface area (Å²) >= 11 is 2.62. The van der Waals surface area contributed by atoms with Gasteiger partial charge in [0.2, 0.25) is 5.13 Å². The summed E-state index contributed by atoms with van der Waals surface area (Å²) in [6, 6.07) is 11.5. The van der Waals surface area contributed by atoms with Gasteiger partial charge in [-0.2, -0.15) is 0 Å². The van der Waals surface area contributed by atoms with Gasteiger partial charge in [0.05, 0.1) is 5.69 Å². The molecule has 0 fully saturated rings. The average molecular weight is 378 g/mol. The Hall–Kier alpha value is -2.52. The number of halogens is 2. The summed E-state index contributed by atoms with van der Waals surface area (Å²) in [7, 11) is 0. The standard InChI is InChI=1S/C16H12F2N4OS2/c17-11-7-5-10(6-8-11)9-24-16-22-21-15(25-16)20-14(23)19-13-4-2-1-3-12(13)18/h1-8H,9H2,(H2,19,20,21,23). The van der Waals surface area contributed by atoms with Crippen LogP contribution in [0.2, 0.25) is 0 Å². The van der Waals surface area contributed by atoms with Crippen molar-refractivity contribution in [3.05, 3.63) is 65.7 Å². The van der Waals surface area contributed by atoms with E-state index < -0.39 is 11.8 Å². The van der Waals surface area contributed by atoms with Gasteiger partial charge in [0.25, 0.3) is 0 Å². The number of rotatable bonds is 5. The third-order valence-corrected chi connectivity index (χ3v) is 5.07. The molecular formula is C16H12F2N4OS2. The first-order valence-corrected chi connectivity index (χ1v) is 8.93. The quantitative estimate of drug-likeness (QED) is 0.497.